The van der Waals surface area contributed by atoms with E-state index in [-0.39, 0.29) is 0 Å². The molecular formula is C10H20N2O. The molecule has 0 aromatic carbocycles. The standard InChI is InChI=1S/C10H20N2O/c1-8(2)13-10-4-6-12(7-5-10)9(3)11/h8,10-11H,4-7H2,1-3H3. The Hall–Kier alpha value is -0.570. The highest BCUT2D eigenvalue weighted by Gasteiger charge is 2.20. The van der Waals surface area contributed by atoms with Crippen LogP contribution in [0.4, 0.5) is 0 Å². The maximum absolute atomic E-state index is 7.48. The van der Waals surface area contributed by atoms with E-state index in [1.807, 2.05) is 6.92 Å². The van der Waals surface area contributed by atoms with Crippen molar-refractivity contribution in [3.05, 3.63) is 0 Å². The maximum Gasteiger partial charge on any atom is 0.0925 e. The van der Waals surface area contributed by atoms with Gasteiger partial charge in [0.05, 0.1) is 18.0 Å². The summed E-state index contributed by atoms with van der Waals surface area (Å²) in [5, 5.41) is 7.48. The van der Waals surface area contributed by atoms with Crippen LogP contribution in [-0.4, -0.2) is 36.0 Å². The molecule has 76 valence electrons. The third-order valence-electron chi connectivity index (χ3n) is 2.38. The lowest BCUT2D eigenvalue weighted by Gasteiger charge is -2.33. The second-order valence-corrected chi connectivity index (χ2v) is 3.96. The minimum absolute atomic E-state index is 0.331. The summed E-state index contributed by atoms with van der Waals surface area (Å²) in [4.78, 5) is 2.11. The van der Waals surface area contributed by atoms with Crippen LogP contribution in [0.2, 0.25) is 0 Å². The van der Waals surface area contributed by atoms with E-state index in [0.29, 0.717) is 18.0 Å². The summed E-state index contributed by atoms with van der Waals surface area (Å²) in [6.45, 7) is 7.96. The minimum Gasteiger partial charge on any atom is -0.375 e. The average Bonchev–Trinajstić information content (AvgIpc) is 2.04. The van der Waals surface area contributed by atoms with Gasteiger partial charge in [0.15, 0.2) is 0 Å². The van der Waals surface area contributed by atoms with E-state index in [4.69, 9.17) is 10.1 Å². The molecule has 0 radical (unpaired) electrons. The fourth-order valence-electron chi connectivity index (χ4n) is 1.71. The first-order valence-corrected chi connectivity index (χ1v) is 5.05. The summed E-state index contributed by atoms with van der Waals surface area (Å²) < 4.78 is 5.72. The molecule has 1 rings (SSSR count). The van der Waals surface area contributed by atoms with Crippen molar-refractivity contribution in [1.82, 2.24) is 4.90 Å². The molecule has 13 heavy (non-hydrogen) atoms. The summed E-state index contributed by atoms with van der Waals surface area (Å²) in [5.41, 5.74) is 0. The van der Waals surface area contributed by atoms with E-state index in [1.54, 1.807) is 0 Å². The predicted octanol–water partition coefficient (Wildman–Crippen LogP) is 1.87. The zero-order chi connectivity index (χ0) is 9.84. The molecule has 0 spiro atoms. The number of nitrogens with zero attached hydrogens (tertiary/aromatic N) is 1. The third-order valence-corrected chi connectivity index (χ3v) is 2.38. The van der Waals surface area contributed by atoms with Crippen molar-refractivity contribution in [2.24, 2.45) is 0 Å². The lowest BCUT2D eigenvalue weighted by molar-refractivity contribution is -0.0184. The Morgan fingerprint density at radius 3 is 2.31 bits per heavy atom. The van der Waals surface area contributed by atoms with Crippen LogP contribution >= 0.6 is 0 Å². The molecule has 1 aliphatic rings. The fourth-order valence-corrected chi connectivity index (χ4v) is 1.71. The van der Waals surface area contributed by atoms with Crippen molar-refractivity contribution in [3.8, 4) is 0 Å². The summed E-state index contributed by atoms with van der Waals surface area (Å²) >= 11 is 0. The zero-order valence-electron chi connectivity index (χ0n) is 8.84. The molecule has 0 amide bonds. The van der Waals surface area contributed by atoms with E-state index in [0.717, 1.165) is 25.9 Å². The van der Waals surface area contributed by atoms with Crippen LogP contribution in [0.3, 0.4) is 0 Å². The van der Waals surface area contributed by atoms with Gasteiger partial charge in [-0.15, -0.1) is 0 Å². The Kier molecular flexibility index (Phi) is 3.72. The average molecular weight is 184 g/mol. The third kappa shape index (κ3) is 3.35. The van der Waals surface area contributed by atoms with Crippen molar-refractivity contribution in [2.45, 2.75) is 45.8 Å². The Bertz CT molecular complexity index is 172. The van der Waals surface area contributed by atoms with Gasteiger partial charge in [0, 0.05) is 13.1 Å². The molecule has 1 fully saturated rings. The molecule has 1 heterocycles. The van der Waals surface area contributed by atoms with E-state index in [9.17, 15) is 0 Å². The van der Waals surface area contributed by atoms with Gasteiger partial charge < -0.3 is 9.64 Å². The molecule has 0 aromatic heterocycles. The Balaban J connectivity index is 2.26. The molecule has 0 saturated carbocycles. The minimum atomic E-state index is 0.331. The SMILES string of the molecule is CC(=N)N1CCC(OC(C)C)CC1. The highest BCUT2D eigenvalue weighted by atomic mass is 16.5. The van der Waals surface area contributed by atoms with E-state index >= 15 is 0 Å². The second kappa shape index (κ2) is 4.61. The number of likely N-dealkylation sites (tertiary alicyclic amines) is 1. The number of ether oxygens (including phenoxy) is 1. The molecule has 0 atom stereocenters. The first-order valence-electron chi connectivity index (χ1n) is 5.05. The Labute approximate surface area is 80.6 Å². The summed E-state index contributed by atoms with van der Waals surface area (Å²) in [7, 11) is 0. The van der Waals surface area contributed by atoms with Crippen molar-refractivity contribution < 1.29 is 4.74 Å². The highest BCUT2D eigenvalue weighted by Crippen LogP contribution is 2.15. The maximum atomic E-state index is 7.48. The van der Waals surface area contributed by atoms with Gasteiger partial charge in [-0.2, -0.15) is 0 Å². The van der Waals surface area contributed by atoms with Crippen LogP contribution in [0, 0.1) is 5.41 Å². The summed E-state index contributed by atoms with van der Waals surface area (Å²) in [6.07, 6.45) is 2.87. The van der Waals surface area contributed by atoms with Gasteiger partial charge in [-0.1, -0.05) is 0 Å². The molecule has 1 saturated heterocycles. The largest absolute Gasteiger partial charge is 0.375 e. The lowest BCUT2D eigenvalue weighted by atomic mass is 10.1. The number of hydrogen-bond donors (Lipinski definition) is 1. The smallest absolute Gasteiger partial charge is 0.0925 e. The van der Waals surface area contributed by atoms with Gasteiger partial charge >= 0.3 is 0 Å². The molecule has 0 bridgehead atoms. The lowest BCUT2D eigenvalue weighted by Crippen LogP contribution is -2.40. The monoisotopic (exact) mass is 184 g/mol. The Morgan fingerprint density at radius 1 is 1.38 bits per heavy atom. The molecule has 1 aliphatic heterocycles. The number of nitrogens with one attached hydrogen (secondary N) is 1. The van der Waals surface area contributed by atoms with E-state index in [1.165, 1.54) is 0 Å². The van der Waals surface area contributed by atoms with Gasteiger partial charge in [-0.3, -0.25) is 5.41 Å². The highest BCUT2D eigenvalue weighted by molar-refractivity contribution is 5.76. The van der Waals surface area contributed by atoms with Crippen LogP contribution in [0.5, 0.6) is 0 Å². The predicted molar refractivity (Wildman–Crippen MR) is 54.2 cm³/mol. The van der Waals surface area contributed by atoms with E-state index in [2.05, 4.69) is 18.7 Å². The molecule has 0 aliphatic carbocycles. The molecule has 0 unspecified atom stereocenters. The summed E-state index contributed by atoms with van der Waals surface area (Å²) in [5.74, 6) is 0.683. The zero-order valence-corrected chi connectivity index (χ0v) is 8.84. The van der Waals surface area contributed by atoms with Crippen molar-refractivity contribution in [2.75, 3.05) is 13.1 Å². The fraction of sp³-hybridized carbons (Fsp3) is 0.900. The molecule has 1 N–H and O–H groups in total. The number of rotatable bonds is 2. The quantitative estimate of drug-likeness (QED) is 0.525. The number of amidine groups is 1. The molecular weight excluding hydrogens is 164 g/mol. The molecule has 3 heteroatoms. The molecule has 3 nitrogen and oxygen atoms in total. The molecule has 0 aromatic rings. The van der Waals surface area contributed by atoms with Crippen molar-refractivity contribution in [1.29, 1.82) is 5.41 Å². The van der Waals surface area contributed by atoms with Crippen LogP contribution in [0.25, 0.3) is 0 Å². The van der Waals surface area contributed by atoms with Gasteiger partial charge in [0.2, 0.25) is 0 Å². The topological polar surface area (TPSA) is 36.3 Å². The van der Waals surface area contributed by atoms with Crippen LogP contribution < -0.4 is 0 Å². The second-order valence-electron chi connectivity index (χ2n) is 3.96. The number of hydrogen-bond acceptors (Lipinski definition) is 2. The van der Waals surface area contributed by atoms with Crippen LogP contribution in [0.15, 0.2) is 0 Å². The van der Waals surface area contributed by atoms with E-state index < -0.39 is 0 Å². The van der Waals surface area contributed by atoms with Crippen molar-refractivity contribution in [3.63, 3.8) is 0 Å². The summed E-state index contributed by atoms with van der Waals surface area (Å²) in [6, 6.07) is 0. The van der Waals surface area contributed by atoms with Gasteiger partial charge in [0.1, 0.15) is 0 Å². The normalized spacial score (nSPS) is 19.5. The van der Waals surface area contributed by atoms with Gasteiger partial charge in [-0.25, -0.2) is 0 Å². The van der Waals surface area contributed by atoms with Crippen molar-refractivity contribution >= 4 is 5.84 Å². The Morgan fingerprint density at radius 2 is 1.92 bits per heavy atom. The van der Waals surface area contributed by atoms with Gasteiger partial charge in [0.25, 0.3) is 0 Å². The first kappa shape index (κ1) is 10.5. The van der Waals surface area contributed by atoms with Crippen LogP contribution in [-0.2, 0) is 4.74 Å². The van der Waals surface area contributed by atoms with Crippen LogP contribution in [0.1, 0.15) is 33.6 Å². The number of piperidine rings is 1. The first-order chi connectivity index (χ1) is 6.09. The van der Waals surface area contributed by atoms with Gasteiger partial charge in [-0.05, 0) is 33.6 Å².